The van der Waals surface area contributed by atoms with Crippen LogP contribution < -0.4 is 0 Å². The third kappa shape index (κ3) is 2.87. The highest BCUT2D eigenvalue weighted by molar-refractivity contribution is 6.31. The van der Waals surface area contributed by atoms with E-state index in [1.807, 2.05) is 6.07 Å². The normalized spacial score (nSPS) is 11.7. The first-order valence-electron chi connectivity index (χ1n) is 5.44. The van der Waals surface area contributed by atoms with Crippen molar-refractivity contribution in [2.75, 3.05) is 0 Å². The maximum Gasteiger partial charge on any atom is 0.335 e. The average molecular weight is 308 g/mol. The molecule has 7 heteroatoms. The molecule has 1 heterocycles. The van der Waals surface area contributed by atoms with E-state index >= 15 is 0 Å². The summed E-state index contributed by atoms with van der Waals surface area (Å²) in [5.74, 6) is -1.91. The quantitative estimate of drug-likeness (QED) is 0.941. The van der Waals surface area contributed by atoms with Gasteiger partial charge in [-0.1, -0.05) is 23.2 Å². The van der Waals surface area contributed by atoms with Crippen LogP contribution in [0, 0.1) is 11.3 Å². The molecule has 20 heavy (non-hydrogen) atoms. The largest absolute Gasteiger partial charge is 0.478 e. The smallest absolute Gasteiger partial charge is 0.335 e. The van der Waals surface area contributed by atoms with E-state index in [-0.39, 0.29) is 10.7 Å². The minimum absolute atomic E-state index is 0.0478. The molecule has 0 saturated heterocycles. The summed E-state index contributed by atoms with van der Waals surface area (Å²) in [7, 11) is 0. The molecule has 0 amide bonds. The number of benzene rings is 1. The van der Waals surface area contributed by atoms with Crippen LogP contribution in [0.15, 0.2) is 30.3 Å². The zero-order valence-electron chi connectivity index (χ0n) is 9.92. The number of nitrogens with zero attached hydrogens (tertiary/aromatic N) is 3. The van der Waals surface area contributed by atoms with Crippen molar-refractivity contribution >= 4 is 29.2 Å². The van der Waals surface area contributed by atoms with Crippen LogP contribution in [0.1, 0.15) is 27.5 Å². The molecule has 0 radical (unpaired) electrons. The lowest BCUT2D eigenvalue weighted by Gasteiger charge is -2.11. The summed E-state index contributed by atoms with van der Waals surface area (Å²) >= 11 is 11.7. The predicted molar refractivity (Wildman–Crippen MR) is 72.9 cm³/mol. The number of rotatable bonds is 3. The summed E-state index contributed by atoms with van der Waals surface area (Å²) in [6.45, 7) is 0. The number of nitriles is 1. The van der Waals surface area contributed by atoms with Gasteiger partial charge in [-0.15, -0.1) is 5.10 Å². The van der Waals surface area contributed by atoms with Gasteiger partial charge in [0.25, 0.3) is 0 Å². The molecule has 0 spiro atoms. The Labute approximate surface area is 124 Å². The van der Waals surface area contributed by atoms with Crippen molar-refractivity contribution in [3.05, 3.63) is 57.3 Å². The SMILES string of the molecule is N#CC(c1ccc(Cl)nn1)c1cc(C(=O)O)ccc1Cl. The molecular formula is C13H7Cl2N3O2. The second-order valence-electron chi connectivity index (χ2n) is 3.88. The average Bonchev–Trinajstić information content (AvgIpc) is 2.43. The Kier molecular flexibility index (Phi) is 4.18. The van der Waals surface area contributed by atoms with E-state index in [1.54, 1.807) is 6.07 Å². The number of carboxylic acid groups (broad SMARTS) is 1. The lowest BCUT2D eigenvalue weighted by Crippen LogP contribution is -2.05. The highest BCUT2D eigenvalue weighted by Crippen LogP contribution is 2.29. The summed E-state index contributed by atoms with van der Waals surface area (Å²) < 4.78 is 0. The number of halogens is 2. The Morgan fingerprint density at radius 1 is 1.25 bits per heavy atom. The van der Waals surface area contributed by atoms with Gasteiger partial charge in [-0.05, 0) is 35.9 Å². The lowest BCUT2D eigenvalue weighted by molar-refractivity contribution is 0.0697. The van der Waals surface area contributed by atoms with Crippen molar-refractivity contribution in [2.45, 2.75) is 5.92 Å². The molecule has 0 aliphatic carbocycles. The lowest BCUT2D eigenvalue weighted by atomic mass is 9.95. The van der Waals surface area contributed by atoms with Gasteiger partial charge in [-0.3, -0.25) is 0 Å². The molecule has 1 aromatic carbocycles. The third-order valence-corrected chi connectivity index (χ3v) is 3.18. The van der Waals surface area contributed by atoms with E-state index in [4.69, 9.17) is 28.3 Å². The van der Waals surface area contributed by atoms with Crippen molar-refractivity contribution in [3.8, 4) is 6.07 Å². The number of carbonyl (C=O) groups is 1. The highest BCUT2D eigenvalue weighted by atomic mass is 35.5. The van der Waals surface area contributed by atoms with Crippen LogP contribution in [0.5, 0.6) is 0 Å². The molecule has 1 aromatic heterocycles. The topological polar surface area (TPSA) is 86.9 Å². The maximum absolute atomic E-state index is 11.0. The third-order valence-electron chi connectivity index (χ3n) is 2.63. The number of hydrogen-bond donors (Lipinski definition) is 1. The van der Waals surface area contributed by atoms with E-state index in [1.165, 1.54) is 24.3 Å². The Morgan fingerprint density at radius 2 is 2.00 bits per heavy atom. The van der Waals surface area contributed by atoms with Gasteiger partial charge in [0.05, 0.1) is 17.3 Å². The standard InChI is InChI=1S/C13H7Cl2N3O2/c14-10-2-1-7(13(19)20)5-8(10)9(6-16)11-3-4-12(15)18-17-11/h1-5,9H,(H,19,20). The van der Waals surface area contributed by atoms with E-state index < -0.39 is 11.9 Å². The molecule has 1 N–H and O–H groups in total. The van der Waals surface area contributed by atoms with Crippen LogP contribution in [-0.2, 0) is 0 Å². The molecule has 100 valence electrons. The number of aromatic carboxylic acids is 1. The fourth-order valence-corrected chi connectivity index (χ4v) is 2.00. The van der Waals surface area contributed by atoms with Gasteiger partial charge in [0, 0.05) is 5.02 Å². The van der Waals surface area contributed by atoms with E-state index in [9.17, 15) is 10.1 Å². The molecule has 0 aliphatic heterocycles. The van der Waals surface area contributed by atoms with Crippen molar-refractivity contribution in [2.24, 2.45) is 0 Å². The van der Waals surface area contributed by atoms with Gasteiger partial charge < -0.3 is 5.11 Å². The predicted octanol–water partition coefficient (Wildman–Crippen LogP) is 3.14. The van der Waals surface area contributed by atoms with Crippen molar-refractivity contribution in [3.63, 3.8) is 0 Å². The van der Waals surface area contributed by atoms with Gasteiger partial charge in [-0.2, -0.15) is 10.4 Å². The molecular weight excluding hydrogens is 301 g/mol. The Morgan fingerprint density at radius 3 is 2.55 bits per heavy atom. The maximum atomic E-state index is 11.0. The first-order chi connectivity index (χ1) is 9.52. The molecule has 1 atom stereocenters. The van der Waals surface area contributed by atoms with Crippen molar-refractivity contribution in [1.29, 1.82) is 5.26 Å². The molecule has 1 unspecified atom stereocenters. The van der Waals surface area contributed by atoms with Crippen molar-refractivity contribution < 1.29 is 9.90 Å². The summed E-state index contributed by atoms with van der Waals surface area (Å²) in [5.41, 5.74) is 0.763. The van der Waals surface area contributed by atoms with E-state index in [2.05, 4.69) is 10.2 Å². The summed E-state index contributed by atoms with van der Waals surface area (Å²) in [6.07, 6.45) is 0. The van der Waals surface area contributed by atoms with Gasteiger partial charge in [-0.25, -0.2) is 4.79 Å². The molecule has 0 saturated carbocycles. The summed E-state index contributed by atoms with van der Waals surface area (Å²) in [5, 5.41) is 26.3. The Bertz CT molecular complexity index is 696. The molecule has 0 bridgehead atoms. The summed E-state index contributed by atoms with van der Waals surface area (Å²) in [6, 6.07) is 9.26. The molecule has 0 aliphatic rings. The van der Waals surface area contributed by atoms with Gasteiger partial charge in [0.15, 0.2) is 5.15 Å². The zero-order valence-corrected chi connectivity index (χ0v) is 11.4. The molecule has 2 aromatic rings. The summed E-state index contributed by atoms with van der Waals surface area (Å²) in [4.78, 5) is 11.0. The Hall–Kier alpha value is -2.16. The molecule has 2 rings (SSSR count). The molecule has 0 fully saturated rings. The van der Waals surface area contributed by atoms with Crippen LogP contribution in [0.2, 0.25) is 10.2 Å². The second kappa shape index (κ2) is 5.87. The number of hydrogen-bond acceptors (Lipinski definition) is 4. The van der Waals surface area contributed by atoms with E-state index in [0.29, 0.717) is 16.3 Å². The fourth-order valence-electron chi connectivity index (χ4n) is 1.67. The van der Waals surface area contributed by atoms with Crippen LogP contribution in [-0.4, -0.2) is 21.3 Å². The Balaban J connectivity index is 2.52. The first kappa shape index (κ1) is 14.3. The second-order valence-corrected chi connectivity index (χ2v) is 4.68. The first-order valence-corrected chi connectivity index (χ1v) is 6.20. The highest BCUT2D eigenvalue weighted by Gasteiger charge is 2.20. The van der Waals surface area contributed by atoms with Crippen LogP contribution >= 0.6 is 23.2 Å². The van der Waals surface area contributed by atoms with Crippen LogP contribution in [0.4, 0.5) is 0 Å². The minimum atomic E-state index is -1.10. The van der Waals surface area contributed by atoms with Gasteiger partial charge in [0.1, 0.15) is 5.92 Å². The van der Waals surface area contributed by atoms with Gasteiger partial charge >= 0.3 is 5.97 Å². The zero-order chi connectivity index (χ0) is 14.7. The number of carboxylic acids is 1. The fraction of sp³-hybridized carbons (Fsp3) is 0.0769. The number of aromatic nitrogens is 2. The van der Waals surface area contributed by atoms with Gasteiger partial charge in [0.2, 0.25) is 0 Å². The van der Waals surface area contributed by atoms with E-state index in [0.717, 1.165) is 0 Å². The minimum Gasteiger partial charge on any atom is -0.478 e. The van der Waals surface area contributed by atoms with Crippen LogP contribution in [0.3, 0.4) is 0 Å². The molecule has 5 nitrogen and oxygen atoms in total. The van der Waals surface area contributed by atoms with Crippen LogP contribution in [0.25, 0.3) is 0 Å². The van der Waals surface area contributed by atoms with Crippen molar-refractivity contribution in [1.82, 2.24) is 10.2 Å². The monoisotopic (exact) mass is 307 g/mol.